The zero-order valence-electron chi connectivity index (χ0n) is 16.4. The molecule has 12 heteroatoms. The molecule has 3 aromatic rings. The molecule has 0 radical (unpaired) electrons. The van der Waals surface area contributed by atoms with E-state index < -0.39 is 11.7 Å². The van der Waals surface area contributed by atoms with Crippen LogP contribution < -0.4 is 21.0 Å². The number of aromatic nitrogens is 4. The first kappa shape index (κ1) is 21.6. The summed E-state index contributed by atoms with van der Waals surface area (Å²) in [7, 11) is 2.96. The lowest BCUT2D eigenvalue weighted by Gasteiger charge is -2.18. The minimum atomic E-state index is -0.850. The van der Waals surface area contributed by atoms with Gasteiger partial charge in [-0.2, -0.15) is 0 Å². The third kappa shape index (κ3) is 4.24. The number of anilines is 1. The number of carbonyl (C=O) groups excluding carboxylic acids is 1. The van der Waals surface area contributed by atoms with Crippen LogP contribution in [0.5, 0.6) is 11.6 Å². The molecular weight excluding hydrogens is 437 g/mol. The van der Waals surface area contributed by atoms with Crippen molar-refractivity contribution in [2.45, 2.75) is 19.8 Å². The third-order valence-electron chi connectivity index (χ3n) is 4.21. The van der Waals surface area contributed by atoms with Crippen LogP contribution in [0.2, 0.25) is 10.0 Å². The minimum absolute atomic E-state index is 0.0370. The second kappa shape index (κ2) is 8.33. The Labute approximate surface area is 180 Å². The zero-order chi connectivity index (χ0) is 22.2. The van der Waals surface area contributed by atoms with Gasteiger partial charge in [-0.3, -0.25) is 19.1 Å². The first-order valence-corrected chi connectivity index (χ1v) is 9.43. The van der Waals surface area contributed by atoms with Crippen LogP contribution in [0.15, 0.2) is 32.3 Å². The molecule has 0 saturated heterocycles. The predicted molar refractivity (Wildman–Crippen MR) is 110 cm³/mol. The molecule has 0 aliphatic carbocycles. The molecule has 1 amide bonds. The highest BCUT2D eigenvalue weighted by molar-refractivity contribution is 6.37. The maximum Gasteiger partial charge on any atom is 0.439 e. The second-order valence-electron chi connectivity index (χ2n) is 6.67. The van der Waals surface area contributed by atoms with Crippen LogP contribution in [0.3, 0.4) is 0 Å². The van der Waals surface area contributed by atoms with Crippen molar-refractivity contribution < 1.29 is 14.1 Å². The maximum atomic E-state index is 12.4. The molecule has 10 nitrogen and oxygen atoms in total. The number of hydrogen-bond donors (Lipinski definition) is 1. The molecule has 0 saturated carbocycles. The Balaban J connectivity index is 1.93. The number of ether oxygens (including phenoxy) is 1. The molecule has 0 spiro atoms. The number of H-pyrrole nitrogens is 1. The molecule has 1 N–H and O–H groups in total. The fraction of sp³-hybridized carbons (Fsp3) is 0.278. The molecule has 2 aromatic heterocycles. The first-order chi connectivity index (χ1) is 14.1. The third-order valence-corrected chi connectivity index (χ3v) is 4.78. The van der Waals surface area contributed by atoms with Crippen LogP contribution in [0.1, 0.15) is 35.9 Å². The van der Waals surface area contributed by atoms with Gasteiger partial charge in [0.2, 0.25) is 11.7 Å². The number of rotatable bonds is 5. The van der Waals surface area contributed by atoms with Crippen molar-refractivity contribution in [1.82, 2.24) is 19.9 Å². The highest BCUT2D eigenvalue weighted by Gasteiger charge is 2.21. The van der Waals surface area contributed by atoms with Crippen LogP contribution in [0.4, 0.5) is 5.69 Å². The lowest BCUT2D eigenvalue weighted by atomic mass is 10.1. The molecule has 0 bridgehead atoms. The Morgan fingerprint density at radius 3 is 2.40 bits per heavy atom. The molecule has 3 rings (SSSR count). The van der Waals surface area contributed by atoms with Crippen LogP contribution in [-0.4, -0.2) is 32.9 Å². The Bertz CT molecular complexity index is 1210. The van der Waals surface area contributed by atoms with Crippen molar-refractivity contribution in [2.24, 2.45) is 7.05 Å². The molecule has 0 unspecified atom stereocenters. The lowest BCUT2D eigenvalue weighted by molar-refractivity contribution is 0.0980. The molecule has 0 aliphatic rings. The van der Waals surface area contributed by atoms with E-state index in [1.807, 2.05) is 13.8 Å². The summed E-state index contributed by atoms with van der Waals surface area (Å²) < 4.78 is 11.2. The van der Waals surface area contributed by atoms with E-state index in [-0.39, 0.29) is 39.0 Å². The molecule has 0 aliphatic heterocycles. The lowest BCUT2D eigenvalue weighted by Crippen LogP contribution is -2.27. The van der Waals surface area contributed by atoms with Gasteiger partial charge in [-0.1, -0.05) is 37.0 Å². The summed E-state index contributed by atoms with van der Waals surface area (Å²) in [6, 6.07) is 4.43. The average molecular weight is 454 g/mol. The number of benzene rings is 1. The number of nitrogens with zero attached hydrogens (tertiary/aromatic N) is 4. The normalized spacial score (nSPS) is 11.0. The molecule has 2 heterocycles. The Hall–Kier alpha value is -3.11. The van der Waals surface area contributed by atoms with Gasteiger partial charge in [-0.25, -0.2) is 9.48 Å². The van der Waals surface area contributed by atoms with E-state index in [0.717, 1.165) is 0 Å². The molecule has 158 valence electrons. The van der Waals surface area contributed by atoms with Gasteiger partial charge in [0, 0.05) is 31.4 Å². The summed E-state index contributed by atoms with van der Waals surface area (Å²) in [5.74, 6) is -1.55. The topological polar surface area (TPSA) is 123 Å². The average Bonchev–Trinajstić information content (AvgIpc) is 3.12. The van der Waals surface area contributed by atoms with Gasteiger partial charge < -0.3 is 9.64 Å². The van der Waals surface area contributed by atoms with Gasteiger partial charge in [-0.05, 0) is 23.2 Å². The van der Waals surface area contributed by atoms with Crippen LogP contribution >= 0.6 is 23.2 Å². The standard InChI is InChI=1S/C18H17Cl2N5O5/c1-8(2)10-7-13(22-25(4)16(10)26)29-14-11(19)5-9(6-12(14)20)24(3)17(27)15-21-18(28)30-23-15/h5-8H,1-4H3,(H,21,23,28). The summed E-state index contributed by atoms with van der Waals surface area (Å²) in [5, 5.41) is 7.63. The van der Waals surface area contributed by atoms with Crippen LogP contribution in [0, 0.1) is 0 Å². The van der Waals surface area contributed by atoms with Crippen LogP contribution in [-0.2, 0) is 7.05 Å². The summed E-state index contributed by atoms with van der Waals surface area (Å²) in [6.07, 6.45) is 0. The fourth-order valence-electron chi connectivity index (χ4n) is 2.61. The van der Waals surface area contributed by atoms with Gasteiger partial charge in [0.25, 0.3) is 11.5 Å². The summed E-state index contributed by atoms with van der Waals surface area (Å²) in [4.78, 5) is 39.0. The van der Waals surface area contributed by atoms with Crippen molar-refractivity contribution in [2.75, 3.05) is 11.9 Å². The second-order valence-corrected chi connectivity index (χ2v) is 7.48. The first-order valence-electron chi connectivity index (χ1n) is 8.67. The monoisotopic (exact) mass is 453 g/mol. The van der Waals surface area contributed by atoms with E-state index in [4.69, 9.17) is 27.9 Å². The molecule has 0 atom stereocenters. The van der Waals surface area contributed by atoms with Gasteiger partial charge in [0.05, 0.1) is 10.0 Å². The molecule has 1 aromatic carbocycles. The molecular formula is C18H17Cl2N5O5. The fourth-order valence-corrected chi connectivity index (χ4v) is 3.16. The van der Waals surface area contributed by atoms with Gasteiger partial charge in [-0.15, -0.1) is 5.10 Å². The zero-order valence-corrected chi connectivity index (χ0v) is 17.9. The van der Waals surface area contributed by atoms with E-state index in [0.29, 0.717) is 11.3 Å². The van der Waals surface area contributed by atoms with Gasteiger partial charge in [0.15, 0.2) is 5.75 Å². The SMILES string of the molecule is CC(C)c1cc(Oc2c(Cl)cc(N(C)C(=O)c3noc(=O)[nH]3)cc2Cl)nn(C)c1=O. The van der Waals surface area contributed by atoms with Crippen molar-refractivity contribution in [3.05, 3.63) is 60.5 Å². The number of amides is 1. The van der Waals surface area contributed by atoms with Gasteiger partial charge in [0.1, 0.15) is 0 Å². The minimum Gasteiger partial charge on any atom is -0.434 e. The van der Waals surface area contributed by atoms with E-state index in [1.165, 1.54) is 41.9 Å². The largest absolute Gasteiger partial charge is 0.439 e. The van der Waals surface area contributed by atoms with Crippen molar-refractivity contribution >= 4 is 34.8 Å². The number of halogens is 2. The number of carbonyl (C=O) groups is 1. The van der Waals surface area contributed by atoms with E-state index in [9.17, 15) is 14.4 Å². The van der Waals surface area contributed by atoms with Crippen molar-refractivity contribution in [1.29, 1.82) is 0 Å². The summed E-state index contributed by atoms with van der Waals surface area (Å²) >= 11 is 12.6. The number of hydrogen-bond acceptors (Lipinski definition) is 7. The number of nitrogens with one attached hydrogen (secondary N) is 1. The smallest absolute Gasteiger partial charge is 0.434 e. The quantitative estimate of drug-likeness (QED) is 0.629. The predicted octanol–water partition coefficient (Wildman–Crippen LogP) is 2.96. The number of aryl methyl sites for hydroxylation is 1. The van der Waals surface area contributed by atoms with Crippen molar-refractivity contribution in [3.63, 3.8) is 0 Å². The number of aromatic amines is 1. The molecule has 30 heavy (non-hydrogen) atoms. The maximum absolute atomic E-state index is 12.4. The van der Waals surface area contributed by atoms with Gasteiger partial charge >= 0.3 is 5.76 Å². The Kier molecular flexibility index (Phi) is 5.99. The van der Waals surface area contributed by atoms with E-state index in [2.05, 4.69) is 19.8 Å². The molecule has 0 fully saturated rings. The van der Waals surface area contributed by atoms with Crippen LogP contribution in [0.25, 0.3) is 0 Å². The van der Waals surface area contributed by atoms with E-state index >= 15 is 0 Å². The van der Waals surface area contributed by atoms with E-state index in [1.54, 1.807) is 0 Å². The van der Waals surface area contributed by atoms with Crippen molar-refractivity contribution in [3.8, 4) is 11.6 Å². The highest BCUT2D eigenvalue weighted by atomic mass is 35.5. The highest BCUT2D eigenvalue weighted by Crippen LogP contribution is 2.39. The summed E-state index contributed by atoms with van der Waals surface area (Å²) in [6.45, 7) is 3.76. The Morgan fingerprint density at radius 1 is 1.23 bits per heavy atom. The summed E-state index contributed by atoms with van der Waals surface area (Å²) in [5.41, 5.74) is 0.622. The Morgan fingerprint density at radius 2 is 1.87 bits per heavy atom.